The number of carbonyl (C=O) groups excluding carboxylic acids is 1. The molecule has 5 heteroatoms. The molecule has 112 valence electrons. The van der Waals surface area contributed by atoms with Crippen molar-refractivity contribution in [2.75, 3.05) is 0 Å². The molecule has 0 saturated heterocycles. The van der Waals surface area contributed by atoms with Crippen LogP contribution in [0, 0.1) is 5.41 Å². The van der Waals surface area contributed by atoms with Gasteiger partial charge in [0, 0.05) is 29.4 Å². The molecule has 1 aromatic rings. The fourth-order valence-electron chi connectivity index (χ4n) is 4.08. The van der Waals surface area contributed by atoms with Crippen LogP contribution in [-0.4, -0.2) is 23.0 Å². The zero-order chi connectivity index (χ0) is 14.6. The molecule has 0 radical (unpaired) electrons. The van der Waals surface area contributed by atoms with E-state index in [0.29, 0.717) is 17.0 Å². The Morgan fingerprint density at radius 3 is 2.71 bits per heavy atom. The van der Waals surface area contributed by atoms with E-state index >= 15 is 0 Å². The Labute approximate surface area is 123 Å². The minimum Gasteiger partial charge on any atom is -0.349 e. The van der Waals surface area contributed by atoms with Crippen molar-refractivity contribution in [3.8, 4) is 0 Å². The van der Waals surface area contributed by atoms with E-state index in [9.17, 15) is 9.59 Å². The first-order chi connectivity index (χ1) is 10.1. The van der Waals surface area contributed by atoms with Crippen molar-refractivity contribution in [1.29, 1.82) is 0 Å². The number of aromatic nitrogens is 1. The summed E-state index contributed by atoms with van der Waals surface area (Å²) in [4.78, 5) is 27.1. The summed E-state index contributed by atoms with van der Waals surface area (Å²) in [7, 11) is 0. The highest BCUT2D eigenvalue weighted by Gasteiger charge is 2.60. The number of fused-ring (bicyclic) bond motifs is 1. The van der Waals surface area contributed by atoms with Crippen molar-refractivity contribution < 1.29 is 4.79 Å². The lowest BCUT2D eigenvalue weighted by Crippen LogP contribution is -2.47. The van der Waals surface area contributed by atoms with Gasteiger partial charge in [-0.1, -0.05) is 0 Å². The Hall–Kier alpha value is -1.62. The molecule has 1 spiro atoms. The predicted molar refractivity (Wildman–Crippen MR) is 79.2 cm³/mol. The van der Waals surface area contributed by atoms with E-state index in [-0.39, 0.29) is 17.5 Å². The first kappa shape index (κ1) is 13.1. The summed E-state index contributed by atoms with van der Waals surface area (Å²) in [5, 5.41) is 3.08. The molecule has 1 atom stereocenters. The molecule has 3 aliphatic rings. The third kappa shape index (κ3) is 2.11. The number of amides is 1. The number of hydrogen-bond acceptors (Lipinski definition) is 3. The van der Waals surface area contributed by atoms with Crippen molar-refractivity contribution in [2.24, 2.45) is 11.1 Å². The standard InChI is InChI=1S/C16H21N3O2/c17-13-8-16(13)6-9(7-16)18-15(21)11-5-14(20)19-12-4-2-1-3-10(11)12/h5,9,13H,1-4,6-8,17H2,(H,18,21)(H,19,20). The van der Waals surface area contributed by atoms with Gasteiger partial charge in [0.05, 0.1) is 0 Å². The Morgan fingerprint density at radius 2 is 2.00 bits per heavy atom. The first-order valence-electron chi connectivity index (χ1n) is 7.89. The number of nitrogens with two attached hydrogens (primary N) is 1. The van der Waals surface area contributed by atoms with Gasteiger partial charge in [-0.2, -0.15) is 0 Å². The second kappa shape index (κ2) is 4.44. The van der Waals surface area contributed by atoms with Gasteiger partial charge >= 0.3 is 0 Å². The van der Waals surface area contributed by atoms with Crippen LogP contribution in [0.5, 0.6) is 0 Å². The molecule has 21 heavy (non-hydrogen) atoms. The fraction of sp³-hybridized carbons (Fsp3) is 0.625. The summed E-state index contributed by atoms with van der Waals surface area (Å²) in [5.41, 5.74) is 8.64. The zero-order valence-corrected chi connectivity index (χ0v) is 12.1. The van der Waals surface area contributed by atoms with Gasteiger partial charge in [-0.15, -0.1) is 0 Å². The van der Waals surface area contributed by atoms with E-state index in [1.54, 1.807) is 0 Å². The number of rotatable bonds is 2. The van der Waals surface area contributed by atoms with E-state index in [1.165, 1.54) is 6.07 Å². The Bertz CT molecular complexity index is 658. The molecule has 1 aromatic heterocycles. The van der Waals surface area contributed by atoms with Crippen molar-refractivity contribution in [1.82, 2.24) is 10.3 Å². The smallest absolute Gasteiger partial charge is 0.252 e. The Morgan fingerprint density at radius 1 is 1.29 bits per heavy atom. The van der Waals surface area contributed by atoms with E-state index in [2.05, 4.69) is 10.3 Å². The van der Waals surface area contributed by atoms with Crippen LogP contribution in [0.3, 0.4) is 0 Å². The summed E-state index contributed by atoms with van der Waals surface area (Å²) < 4.78 is 0. The third-order valence-corrected chi connectivity index (χ3v) is 5.48. The van der Waals surface area contributed by atoms with Crippen LogP contribution in [0.4, 0.5) is 0 Å². The molecule has 2 saturated carbocycles. The largest absolute Gasteiger partial charge is 0.349 e. The number of pyridine rings is 1. The average Bonchev–Trinajstić information content (AvgIpc) is 3.08. The maximum atomic E-state index is 12.5. The van der Waals surface area contributed by atoms with Crippen LogP contribution in [-0.2, 0) is 12.8 Å². The Kier molecular flexibility index (Phi) is 2.76. The minimum absolute atomic E-state index is 0.0895. The topological polar surface area (TPSA) is 88.0 Å². The van der Waals surface area contributed by atoms with Crippen molar-refractivity contribution >= 4 is 5.91 Å². The molecule has 0 bridgehead atoms. The molecule has 2 fully saturated rings. The van der Waals surface area contributed by atoms with Gasteiger partial charge < -0.3 is 16.0 Å². The molecule has 1 unspecified atom stereocenters. The predicted octanol–water partition coefficient (Wildman–Crippen LogP) is 0.863. The molecule has 4 N–H and O–H groups in total. The lowest BCUT2D eigenvalue weighted by Gasteiger charge is -2.37. The van der Waals surface area contributed by atoms with Crippen LogP contribution in [0.15, 0.2) is 10.9 Å². The van der Waals surface area contributed by atoms with Crippen molar-refractivity contribution in [2.45, 2.75) is 57.0 Å². The van der Waals surface area contributed by atoms with Gasteiger partial charge in [-0.25, -0.2) is 0 Å². The number of H-pyrrole nitrogens is 1. The molecule has 3 aliphatic carbocycles. The lowest BCUT2D eigenvalue weighted by atomic mass is 9.76. The number of carbonyl (C=O) groups is 1. The summed E-state index contributed by atoms with van der Waals surface area (Å²) in [6, 6.07) is 2.01. The van der Waals surface area contributed by atoms with Gasteiger partial charge in [0.1, 0.15) is 0 Å². The highest BCUT2D eigenvalue weighted by atomic mass is 16.2. The Balaban J connectivity index is 1.52. The molecule has 0 aliphatic heterocycles. The number of hydrogen-bond donors (Lipinski definition) is 3. The summed E-state index contributed by atoms with van der Waals surface area (Å²) in [5.74, 6) is -0.0895. The number of aryl methyl sites for hydroxylation is 1. The lowest BCUT2D eigenvalue weighted by molar-refractivity contribution is 0.0872. The molecular formula is C16H21N3O2. The summed E-state index contributed by atoms with van der Waals surface area (Å²) in [6.07, 6.45) is 7.00. The summed E-state index contributed by atoms with van der Waals surface area (Å²) in [6.45, 7) is 0. The van der Waals surface area contributed by atoms with Crippen LogP contribution >= 0.6 is 0 Å². The molecule has 5 nitrogen and oxygen atoms in total. The van der Waals surface area contributed by atoms with Crippen LogP contribution in [0.2, 0.25) is 0 Å². The maximum Gasteiger partial charge on any atom is 0.252 e. The van der Waals surface area contributed by atoms with E-state index in [0.717, 1.165) is 56.2 Å². The SMILES string of the molecule is NC1CC12CC(NC(=O)c1cc(=O)[nH]c3c1CCCC3)C2. The molecule has 1 heterocycles. The van der Waals surface area contributed by atoms with E-state index in [4.69, 9.17) is 5.73 Å². The third-order valence-electron chi connectivity index (χ3n) is 5.48. The average molecular weight is 287 g/mol. The second-order valence-electron chi connectivity index (χ2n) is 6.96. The van der Waals surface area contributed by atoms with Gasteiger partial charge in [-0.3, -0.25) is 9.59 Å². The molecular weight excluding hydrogens is 266 g/mol. The number of aromatic amines is 1. The zero-order valence-electron chi connectivity index (χ0n) is 12.1. The van der Waals surface area contributed by atoms with Gasteiger partial charge in [0.15, 0.2) is 0 Å². The molecule has 4 rings (SSSR count). The van der Waals surface area contributed by atoms with Crippen molar-refractivity contribution in [3.63, 3.8) is 0 Å². The maximum absolute atomic E-state index is 12.5. The summed E-state index contributed by atoms with van der Waals surface area (Å²) >= 11 is 0. The van der Waals surface area contributed by atoms with Gasteiger partial charge in [-0.05, 0) is 55.9 Å². The van der Waals surface area contributed by atoms with Crippen LogP contribution in [0.25, 0.3) is 0 Å². The van der Waals surface area contributed by atoms with Gasteiger partial charge in [0.2, 0.25) is 5.56 Å². The van der Waals surface area contributed by atoms with E-state index < -0.39 is 0 Å². The van der Waals surface area contributed by atoms with Crippen LogP contribution < -0.4 is 16.6 Å². The van der Waals surface area contributed by atoms with E-state index in [1.807, 2.05) is 0 Å². The second-order valence-corrected chi connectivity index (χ2v) is 6.96. The van der Waals surface area contributed by atoms with Crippen LogP contribution in [0.1, 0.15) is 53.7 Å². The fourth-order valence-corrected chi connectivity index (χ4v) is 4.08. The first-order valence-corrected chi connectivity index (χ1v) is 7.89. The normalized spacial score (nSPS) is 33.2. The van der Waals surface area contributed by atoms with Crippen molar-refractivity contribution in [3.05, 3.63) is 33.2 Å². The minimum atomic E-state index is -0.171. The highest BCUT2D eigenvalue weighted by Crippen LogP contribution is 2.59. The quantitative estimate of drug-likeness (QED) is 0.754. The number of nitrogens with one attached hydrogen (secondary N) is 2. The highest BCUT2D eigenvalue weighted by molar-refractivity contribution is 5.96. The van der Waals surface area contributed by atoms with Gasteiger partial charge in [0.25, 0.3) is 5.91 Å². The monoisotopic (exact) mass is 287 g/mol. The molecule has 1 amide bonds. The molecule has 0 aromatic carbocycles.